The van der Waals surface area contributed by atoms with Crippen LogP contribution in [0.4, 0.5) is 0 Å². The van der Waals surface area contributed by atoms with E-state index in [-0.39, 0.29) is 5.57 Å². The van der Waals surface area contributed by atoms with E-state index in [0.29, 0.717) is 57.4 Å². The highest BCUT2D eigenvalue weighted by molar-refractivity contribution is 7.17. The van der Waals surface area contributed by atoms with Crippen LogP contribution >= 0.6 is 34.5 Å². The van der Waals surface area contributed by atoms with Gasteiger partial charge in [-0.25, -0.2) is 4.98 Å². The van der Waals surface area contributed by atoms with Crippen LogP contribution in [0, 0.1) is 6.92 Å². The van der Waals surface area contributed by atoms with Gasteiger partial charge in [0.1, 0.15) is 5.01 Å². The molecule has 1 saturated heterocycles. The van der Waals surface area contributed by atoms with Crippen molar-refractivity contribution in [3.63, 3.8) is 0 Å². The van der Waals surface area contributed by atoms with Crippen molar-refractivity contribution in [2.75, 3.05) is 39.4 Å². The van der Waals surface area contributed by atoms with Gasteiger partial charge in [-0.15, -0.1) is 11.3 Å². The van der Waals surface area contributed by atoms with Crippen molar-refractivity contribution in [2.45, 2.75) is 19.4 Å². The Morgan fingerprint density at radius 2 is 1.84 bits per heavy atom. The number of benzene rings is 2. The summed E-state index contributed by atoms with van der Waals surface area (Å²) in [5, 5.41) is 12.4. The normalized spacial score (nSPS) is 18.4. The first-order valence-electron chi connectivity index (χ1n) is 12.4. The maximum Gasteiger partial charge on any atom is 0.290 e. The Hall–Kier alpha value is -2.75. The van der Waals surface area contributed by atoms with Crippen LogP contribution in [0.5, 0.6) is 0 Å². The Balaban J connectivity index is 1.47. The van der Waals surface area contributed by atoms with Gasteiger partial charge in [-0.3, -0.25) is 14.5 Å². The fourth-order valence-electron chi connectivity index (χ4n) is 4.87. The highest BCUT2D eigenvalue weighted by Gasteiger charge is 2.44. The number of aromatic nitrogens is 1. The summed E-state index contributed by atoms with van der Waals surface area (Å²) in [6.45, 7) is 5.96. The van der Waals surface area contributed by atoms with Crippen LogP contribution in [0.25, 0.3) is 10.6 Å². The van der Waals surface area contributed by atoms with Gasteiger partial charge in [-0.05, 0) is 31.0 Å². The Morgan fingerprint density at radius 3 is 2.55 bits per heavy atom. The number of nitrogens with zero attached hydrogens (tertiary/aromatic N) is 3. The molecule has 0 aliphatic carbocycles. The number of morpholine rings is 1. The molecule has 0 radical (unpaired) electrons. The lowest BCUT2D eigenvalue weighted by molar-refractivity contribution is -0.129. The third-order valence-corrected chi connectivity index (χ3v) is 8.75. The third-order valence-electron chi connectivity index (χ3n) is 6.81. The van der Waals surface area contributed by atoms with E-state index in [0.717, 1.165) is 25.2 Å². The van der Waals surface area contributed by atoms with Crippen molar-refractivity contribution in [1.29, 1.82) is 0 Å². The summed E-state index contributed by atoms with van der Waals surface area (Å²) in [6.07, 6.45) is 0.677. The molecule has 2 aliphatic rings. The number of rotatable bonds is 8. The smallest absolute Gasteiger partial charge is 0.290 e. The minimum absolute atomic E-state index is 0.0334. The van der Waals surface area contributed by atoms with Gasteiger partial charge in [0.25, 0.3) is 5.91 Å². The number of Topliss-reactive ketones (excluding diaryl/α,β-unsaturated/α-hetero) is 1. The fourth-order valence-corrected chi connectivity index (χ4v) is 6.20. The standard InChI is InChI=1S/C28H27Cl2N3O4S/c1-17-26(38-27(31-17)18-6-3-2-4-7-18)24(34)22-23(19-8-9-20(29)21(30)16-19)33(28(36)25(22)35)11-5-10-32-12-14-37-15-13-32/h2-4,6-9,16,23,35H,5,10-15H2,1H3. The number of halogens is 2. The van der Waals surface area contributed by atoms with E-state index in [1.165, 1.54) is 11.3 Å². The molecule has 2 aliphatic heterocycles. The molecule has 1 fully saturated rings. The molecule has 0 bridgehead atoms. The first kappa shape index (κ1) is 26.8. The number of ether oxygens (including phenoxy) is 1. The number of ketones is 1. The van der Waals surface area contributed by atoms with Gasteiger partial charge >= 0.3 is 0 Å². The first-order valence-corrected chi connectivity index (χ1v) is 14.0. The second-order valence-corrected chi connectivity index (χ2v) is 11.1. The number of aliphatic hydroxyl groups excluding tert-OH is 1. The number of hydrogen-bond donors (Lipinski definition) is 1. The molecule has 10 heteroatoms. The minimum Gasteiger partial charge on any atom is -0.503 e. The molecular weight excluding hydrogens is 545 g/mol. The van der Waals surface area contributed by atoms with Crippen molar-refractivity contribution in [3.8, 4) is 10.6 Å². The first-order chi connectivity index (χ1) is 18.3. The van der Waals surface area contributed by atoms with Crippen molar-refractivity contribution < 1.29 is 19.4 Å². The summed E-state index contributed by atoms with van der Waals surface area (Å²) in [4.78, 5) is 36.1. The summed E-state index contributed by atoms with van der Waals surface area (Å²) in [5.41, 5.74) is 2.08. The zero-order chi connectivity index (χ0) is 26.8. The fraction of sp³-hybridized carbons (Fsp3) is 0.321. The maximum atomic E-state index is 14.0. The molecule has 3 aromatic rings. The molecule has 2 aromatic carbocycles. The second-order valence-electron chi connectivity index (χ2n) is 9.27. The van der Waals surface area contributed by atoms with Crippen LogP contribution in [-0.4, -0.2) is 71.0 Å². The van der Waals surface area contributed by atoms with Gasteiger partial charge in [0.2, 0.25) is 5.78 Å². The Kier molecular flexibility index (Phi) is 8.16. The Labute approximate surface area is 235 Å². The van der Waals surface area contributed by atoms with E-state index < -0.39 is 23.5 Å². The quantitative estimate of drug-likeness (QED) is 0.348. The molecule has 1 unspecified atom stereocenters. The van der Waals surface area contributed by atoms with Crippen molar-refractivity contribution in [1.82, 2.24) is 14.8 Å². The van der Waals surface area contributed by atoms with Gasteiger partial charge in [0.05, 0.1) is 45.4 Å². The van der Waals surface area contributed by atoms with E-state index >= 15 is 0 Å². The lowest BCUT2D eigenvalue weighted by Crippen LogP contribution is -2.39. The van der Waals surface area contributed by atoms with Crippen LogP contribution < -0.4 is 0 Å². The molecule has 7 nitrogen and oxygen atoms in total. The van der Waals surface area contributed by atoms with Gasteiger partial charge in [0.15, 0.2) is 5.76 Å². The molecular formula is C28H27Cl2N3O4S. The predicted molar refractivity (Wildman–Crippen MR) is 149 cm³/mol. The molecule has 0 saturated carbocycles. The number of carbonyl (C=O) groups excluding carboxylic acids is 2. The monoisotopic (exact) mass is 571 g/mol. The number of aliphatic hydroxyl groups is 1. The topological polar surface area (TPSA) is 83.0 Å². The number of amides is 1. The summed E-state index contributed by atoms with van der Waals surface area (Å²) in [6, 6.07) is 13.8. The van der Waals surface area contributed by atoms with Gasteiger partial charge in [-0.2, -0.15) is 0 Å². The summed E-state index contributed by atoms with van der Waals surface area (Å²) in [7, 11) is 0. The van der Waals surface area contributed by atoms with Crippen molar-refractivity contribution in [2.24, 2.45) is 0 Å². The zero-order valence-electron chi connectivity index (χ0n) is 20.8. The van der Waals surface area contributed by atoms with Gasteiger partial charge < -0.3 is 14.7 Å². The minimum atomic E-state index is -0.795. The van der Waals surface area contributed by atoms with E-state index in [9.17, 15) is 14.7 Å². The zero-order valence-corrected chi connectivity index (χ0v) is 23.2. The molecule has 1 N–H and O–H groups in total. The third kappa shape index (κ3) is 5.37. The summed E-state index contributed by atoms with van der Waals surface area (Å²) >= 11 is 13.7. The van der Waals surface area contributed by atoms with E-state index in [1.807, 2.05) is 30.3 Å². The van der Waals surface area contributed by atoms with Crippen molar-refractivity contribution >= 4 is 46.2 Å². The molecule has 198 valence electrons. The molecule has 5 rings (SSSR count). The summed E-state index contributed by atoms with van der Waals surface area (Å²) < 4.78 is 5.42. The summed E-state index contributed by atoms with van der Waals surface area (Å²) in [5.74, 6) is -1.52. The van der Waals surface area contributed by atoms with Crippen LogP contribution in [-0.2, 0) is 9.53 Å². The lowest BCUT2D eigenvalue weighted by Gasteiger charge is -2.30. The van der Waals surface area contributed by atoms with E-state index in [1.54, 1.807) is 30.0 Å². The average Bonchev–Trinajstić information content (AvgIpc) is 3.44. The Bertz CT molecular complexity index is 1390. The number of thiazole rings is 1. The maximum absolute atomic E-state index is 14.0. The van der Waals surface area contributed by atoms with Crippen molar-refractivity contribution in [3.05, 3.63) is 86.0 Å². The number of hydrogen-bond acceptors (Lipinski definition) is 7. The molecule has 3 heterocycles. The molecule has 1 aromatic heterocycles. The molecule has 1 amide bonds. The average molecular weight is 573 g/mol. The highest BCUT2D eigenvalue weighted by atomic mass is 35.5. The van der Waals surface area contributed by atoms with E-state index in [4.69, 9.17) is 27.9 Å². The SMILES string of the molecule is Cc1nc(-c2ccccc2)sc1C(=O)C1=C(O)C(=O)N(CCCN2CCOCC2)C1c1ccc(Cl)c(Cl)c1. The van der Waals surface area contributed by atoms with E-state index in [2.05, 4.69) is 9.88 Å². The Morgan fingerprint density at radius 1 is 1.11 bits per heavy atom. The van der Waals surface area contributed by atoms with Crippen LogP contribution in [0.2, 0.25) is 10.0 Å². The number of aryl methyl sites for hydroxylation is 1. The highest BCUT2D eigenvalue weighted by Crippen LogP contribution is 2.42. The lowest BCUT2D eigenvalue weighted by atomic mass is 9.95. The van der Waals surface area contributed by atoms with Crippen LogP contribution in [0.3, 0.4) is 0 Å². The predicted octanol–water partition coefficient (Wildman–Crippen LogP) is 5.73. The van der Waals surface area contributed by atoms with Gasteiger partial charge in [-0.1, -0.05) is 59.6 Å². The van der Waals surface area contributed by atoms with Gasteiger partial charge in [0, 0.05) is 31.7 Å². The molecule has 1 atom stereocenters. The molecule has 0 spiro atoms. The van der Waals surface area contributed by atoms with Crippen LogP contribution in [0.15, 0.2) is 59.9 Å². The number of carbonyl (C=O) groups is 2. The van der Waals surface area contributed by atoms with Crippen LogP contribution in [0.1, 0.15) is 33.4 Å². The molecule has 38 heavy (non-hydrogen) atoms. The largest absolute Gasteiger partial charge is 0.503 e. The second kappa shape index (κ2) is 11.6.